The number of carboxylic acid groups (broad SMARTS) is 1. The van der Waals surface area contributed by atoms with E-state index in [1.807, 2.05) is 0 Å². The molecular weight excluding hydrogens is 500 g/mol. The van der Waals surface area contributed by atoms with Crippen LogP contribution in [0.2, 0.25) is 0 Å². The average Bonchev–Trinajstić information content (AvgIpc) is 2.94. The van der Waals surface area contributed by atoms with Crippen LogP contribution < -0.4 is 9.47 Å². The fourth-order valence-electron chi connectivity index (χ4n) is 2.92. The maximum absolute atomic E-state index is 11.4. The van der Waals surface area contributed by atoms with Crippen LogP contribution in [0.4, 0.5) is 0 Å². The number of carboxylic acids is 1. The van der Waals surface area contributed by atoms with Gasteiger partial charge in [-0.05, 0) is 48.5 Å². The summed E-state index contributed by atoms with van der Waals surface area (Å²) < 4.78 is 42.9. The molecule has 1 N–H and O–H groups in total. The first kappa shape index (κ1) is 31.0. The minimum absolute atomic E-state index is 0.217. The van der Waals surface area contributed by atoms with Crippen LogP contribution in [0.5, 0.6) is 11.5 Å². The monoisotopic (exact) mass is 536 g/mol. The molecule has 38 heavy (non-hydrogen) atoms. The Morgan fingerprint density at radius 2 is 0.842 bits per heavy atom. The van der Waals surface area contributed by atoms with Gasteiger partial charge in [-0.25, -0.2) is 9.59 Å². The Labute approximate surface area is 222 Å². The summed E-state index contributed by atoms with van der Waals surface area (Å²) in [5, 5.41) is 8.86. The lowest BCUT2D eigenvalue weighted by molar-refractivity contribution is -0.0141. The van der Waals surface area contributed by atoms with Crippen LogP contribution >= 0.6 is 0 Å². The van der Waals surface area contributed by atoms with E-state index in [9.17, 15) is 9.59 Å². The Hall–Kier alpha value is -3.22. The van der Waals surface area contributed by atoms with E-state index in [0.29, 0.717) is 96.3 Å². The molecule has 0 aliphatic heterocycles. The van der Waals surface area contributed by atoms with E-state index in [2.05, 4.69) is 4.74 Å². The molecule has 11 nitrogen and oxygen atoms in total. The third-order valence-electron chi connectivity index (χ3n) is 4.86. The van der Waals surface area contributed by atoms with Crippen molar-refractivity contribution in [3.8, 4) is 11.5 Å². The molecule has 0 radical (unpaired) electrons. The third kappa shape index (κ3) is 13.9. The molecule has 0 aromatic heterocycles. The van der Waals surface area contributed by atoms with Crippen molar-refractivity contribution in [3.05, 3.63) is 59.7 Å². The van der Waals surface area contributed by atoms with Crippen LogP contribution in [-0.4, -0.2) is 103 Å². The van der Waals surface area contributed by atoms with E-state index in [1.165, 1.54) is 19.2 Å². The van der Waals surface area contributed by atoms with Gasteiger partial charge >= 0.3 is 11.9 Å². The molecule has 2 aromatic carbocycles. The minimum atomic E-state index is -0.970. The van der Waals surface area contributed by atoms with Gasteiger partial charge in [-0.1, -0.05) is 0 Å². The highest BCUT2D eigenvalue weighted by atomic mass is 16.6. The zero-order chi connectivity index (χ0) is 27.3. The molecule has 0 bridgehead atoms. The van der Waals surface area contributed by atoms with Gasteiger partial charge in [0.2, 0.25) is 0 Å². The molecule has 0 aliphatic carbocycles. The van der Waals surface area contributed by atoms with Crippen molar-refractivity contribution >= 4 is 11.9 Å². The second-order valence-electron chi connectivity index (χ2n) is 7.60. The highest BCUT2D eigenvalue weighted by molar-refractivity contribution is 5.89. The first-order valence-corrected chi connectivity index (χ1v) is 12.3. The van der Waals surface area contributed by atoms with Gasteiger partial charge in [-0.15, -0.1) is 0 Å². The molecule has 0 fully saturated rings. The number of esters is 1. The maximum atomic E-state index is 11.4. The largest absolute Gasteiger partial charge is 0.491 e. The van der Waals surface area contributed by atoms with Gasteiger partial charge < -0.3 is 43.0 Å². The summed E-state index contributed by atoms with van der Waals surface area (Å²) in [5.74, 6) is -0.108. The van der Waals surface area contributed by atoms with Gasteiger partial charge in [0.25, 0.3) is 0 Å². The fraction of sp³-hybridized carbons (Fsp3) is 0.481. The first-order chi connectivity index (χ1) is 18.6. The van der Waals surface area contributed by atoms with Crippen molar-refractivity contribution in [2.45, 2.75) is 0 Å². The fourth-order valence-corrected chi connectivity index (χ4v) is 2.92. The number of carbonyl (C=O) groups is 2. The molecule has 11 heteroatoms. The quantitative estimate of drug-likeness (QED) is 0.176. The molecule has 2 aromatic rings. The maximum Gasteiger partial charge on any atom is 0.337 e. The number of hydrogen-bond donors (Lipinski definition) is 1. The van der Waals surface area contributed by atoms with E-state index in [0.717, 1.165) is 0 Å². The van der Waals surface area contributed by atoms with E-state index in [1.54, 1.807) is 36.4 Å². The Morgan fingerprint density at radius 1 is 0.526 bits per heavy atom. The second kappa shape index (κ2) is 19.8. The first-order valence-electron chi connectivity index (χ1n) is 12.3. The zero-order valence-electron chi connectivity index (χ0n) is 21.6. The summed E-state index contributed by atoms with van der Waals surface area (Å²) in [4.78, 5) is 22.2. The van der Waals surface area contributed by atoms with Gasteiger partial charge in [-0.3, -0.25) is 0 Å². The number of hydrogen-bond acceptors (Lipinski definition) is 10. The molecule has 0 saturated heterocycles. The topological polar surface area (TPSA) is 128 Å². The molecule has 0 amide bonds. The van der Waals surface area contributed by atoms with Crippen molar-refractivity contribution in [3.63, 3.8) is 0 Å². The van der Waals surface area contributed by atoms with Gasteiger partial charge in [0.05, 0.1) is 84.3 Å². The molecule has 0 unspecified atom stereocenters. The summed E-state index contributed by atoms with van der Waals surface area (Å²) >= 11 is 0. The van der Waals surface area contributed by atoms with E-state index < -0.39 is 5.97 Å². The normalized spacial score (nSPS) is 10.8. The predicted molar refractivity (Wildman–Crippen MR) is 136 cm³/mol. The van der Waals surface area contributed by atoms with Crippen LogP contribution in [0.3, 0.4) is 0 Å². The van der Waals surface area contributed by atoms with Crippen LogP contribution in [0.1, 0.15) is 20.7 Å². The Balaban J connectivity index is 1.28. The third-order valence-corrected chi connectivity index (χ3v) is 4.86. The van der Waals surface area contributed by atoms with Gasteiger partial charge in [0.15, 0.2) is 0 Å². The molecule has 0 spiro atoms. The molecular formula is C27H36O11. The number of methoxy groups -OCH3 is 1. The van der Waals surface area contributed by atoms with Crippen LogP contribution in [0.15, 0.2) is 48.5 Å². The molecule has 0 atom stereocenters. The van der Waals surface area contributed by atoms with E-state index in [-0.39, 0.29) is 11.5 Å². The van der Waals surface area contributed by atoms with Crippen LogP contribution in [0.25, 0.3) is 0 Å². The van der Waals surface area contributed by atoms with Crippen molar-refractivity contribution < 1.29 is 52.6 Å². The number of ether oxygens (including phenoxy) is 8. The predicted octanol–water partition coefficient (Wildman–Crippen LogP) is 2.71. The van der Waals surface area contributed by atoms with Crippen molar-refractivity contribution in [1.82, 2.24) is 0 Å². The summed E-state index contributed by atoms with van der Waals surface area (Å²) in [7, 11) is 1.34. The van der Waals surface area contributed by atoms with Gasteiger partial charge in [0.1, 0.15) is 24.7 Å². The molecule has 210 valence electrons. The second-order valence-corrected chi connectivity index (χ2v) is 7.60. The van der Waals surface area contributed by atoms with Crippen LogP contribution in [-0.2, 0) is 28.4 Å². The van der Waals surface area contributed by atoms with Crippen LogP contribution in [0, 0.1) is 0 Å². The summed E-state index contributed by atoms with van der Waals surface area (Å²) in [6, 6.07) is 12.9. The summed E-state index contributed by atoms with van der Waals surface area (Å²) in [5.41, 5.74) is 0.688. The van der Waals surface area contributed by atoms with Crippen molar-refractivity contribution in [1.29, 1.82) is 0 Å². The summed E-state index contributed by atoms with van der Waals surface area (Å²) in [6.07, 6.45) is 0. The molecule has 0 heterocycles. The number of benzene rings is 2. The number of carbonyl (C=O) groups excluding carboxylic acids is 1. The minimum Gasteiger partial charge on any atom is -0.491 e. The lowest BCUT2D eigenvalue weighted by Crippen LogP contribution is -2.15. The highest BCUT2D eigenvalue weighted by Crippen LogP contribution is 2.13. The van der Waals surface area contributed by atoms with Crippen molar-refractivity contribution in [2.75, 3.05) is 86.4 Å². The lowest BCUT2D eigenvalue weighted by atomic mass is 10.2. The lowest BCUT2D eigenvalue weighted by Gasteiger charge is -2.09. The molecule has 0 saturated carbocycles. The van der Waals surface area contributed by atoms with Gasteiger partial charge in [-0.2, -0.15) is 0 Å². The van der Waals surface area contributed by atoms with E-state index in [4.69, 9.17) is 38.3 Å². The van der Waals surface area contributed by atoms with Gasteiger partial charge in [0, 0.05) is 0 Å². The number of rotatable bonds is 22. The highest BCUT2D eigenvalue weighted by Gasteiger charge is 2.05. The Bertz CT molecular complexity index is 900. The Morgan fingerprint density at radius 3 is 1.16 bits per heavy atom. The van der Waals surface area contributed by atoms with Crippen molar-refractivity contribution in [2.24, 2.45) is 0 Å². The Kier molecular flexibility index (Phi) is 16.2. The average molecular weight is 537 g/mol. The zero-order valence-corrected chi connectivity index (χ0v) is 21.6. The van der Waals surface area contributed by atoms with E-state index >= 15 is 0 Å². The molecule has 0 aliphatic rings. The smallest absolute Gasteiger partial charge is 0.337 e. The SMILES string of the molecule is COC(=O)c1ccc(OCCOCCOCCOCCOCCOCCOc2ccc(C(=O)O)cc2)cc1. The summed E-state index contributed by atoms with van der Waals surface area (Å²) in [6.45, 7) is 5.26. The molecule has 2 rings (SSSR count). The standard InChI is InChI=1S/C27H36O11/c1-31-27(30)23-4-8-25(9-5-23)38-21-19-36-17-15-34-13-11-32-10-12-33-14-16-35-18-20-37-24-6-2-22(3-7-24)26(28)29/h2-9H,10-21H2,1H3,(H,28,29). The number of aromatic carboxylic acids is 1.